The standard InChI is InChI=1S/C8H16N2/c1-9-4-8-7-3-6(7)5-10(8)2/h6-9H,3-5H2,1-2H3/t6-,7?,8+/m0/s1. The van der Waals surface area contributed by atoms with Crippen LogP contribution in [0, 0.1) is 11.8 Å². The fourth-order valence-electron chi connectivity index (χ4n) is 2.30. The molecule has 0 aromatic rings. The molecule has 2 heteroatoms. The molecule has 1 unspecified atom stereocenters. The largest absolute Gasteiger partial charge is 0.318 e. The molecule has 0 aromatic heterocycles. The number of nitrogens with zero attached hydrogens (tertiary/aromatic N) is 1. The molecule has 0 aromatic carbocycles. The molecule has 1 aliphatic heterocycles. The average Bonchev–Trinajstić information content (AvgIpc) is 2.57. The lowest BCUT2D eigenvalue weighted by Crippen LogP contribution is -2.37. The highest BCUT2D eigenvalue weighted by atomic mass is 15.2. The predicted octanol–water partition coefficient (Wildman–Crippen LogP) is 0.156. The van der Waals surface area contributed by atoms with Crippen LogP contribution in [-0.4, -0.2) is 38.1 Å². The molecule has 1 heterocycles. The number of rotatable bonds is 2. The van der Waals surface area contributed by atoms with Crippen molar-refractivity contribution in [2.24, 2.45) is 11.8 Å². The van der Waals surface area contributed by atoms with Crippen molar-refractivity contribution in [2.45, 2.75) is 12.5 Å². The van der Waals surface area contributed by atoms with Gasteiger partial charge in [-0.2, -0.15) is 0 Å². The lowest BCUT2D eigenvalue weighted by Gasteiger charge is -2.21. The second kappa shape index (κ2) is 2.21. The maximum absolute atomic E-state index is 3.26. The highest BCUT2D eigenvalue weighted by Crippen LogP contribution is 2.48. The second-order valence-electron chi connectivity index (χ2n) is 3.72. The van der Waals surface area contributed by atoms with Gasteiger partial charge in [0.15, 0.2) is 0 Å². The van der Waals surface area contributed by atoms with Crippen LogP contribution in [0.5, 0.6) is 0 Å². The first-order valence-corrected chi connectivity index (χ1v) is 4.17. The Labute approximate surface area is 62.6 Å². The van der Waals surface area contributed by atoms with Crippen LogP contribution in [0.4, 0.5) is 0 Å². The maximum atomic E-state index is 3.26. The Bertz CT molecular complexity index is 133. The average molecular weight is 140 g/mol. The summed E-state index contributed by atoms with van der Waals surface area (Å²) in [5.74, 6) is 2.10. The molecule has 2 rings (SSSR count). The number of nitrogens with one attached hydrogen (secondary N) is 1. The molecular weight excluding hydrogens is 124 g/mol. The number of hydrogen-bond acceptors (Lipinski definition) is 2. The molecule has 10 heavy (non-hydrogen) atoms. The Morgan fingerprint density at radius 3 is 2.90 bits per heavy atom. The van der Waals surface area contributed by atoms with Crippen LogP contribution in [0.25, 0.3) is 0 Å². The molecule has 1 N–H and O–H groups in total. The molecule has 58 valence electrons. The summed E-state index contributed by atoms with van der Waals surface area (Å²) in [6.45, 7) is 2.52. The highest BCUT2D eigenvalue weighted by Gasteiger charge is 2.50. The number of likely N-dealkylation sites (tertiary alicyclic amines) is 1. The van der Waals surface area contributed by atoms with Gasteiger partial charge in [0.2, 0.25) is 0 Å². The zero-order valence-electron chi connectivity index (χ0n) is 6.80. The summed E-state index contributed by atoms with van der Waals surface area (Å²) in [5.41, 5.74) is 0. The van der Waals surface area contributed by atoms with Gasteiger partial charge in [-0.3, -0.25) is 0 Å². The topological polar surface area (TPSA) is 15.3 Å². The van der Waals surface area contributed by atoms with Gasteiger partial charge in [-0.25, -0.2) is 0 Å². The molecule has 2 nitrogen and oxygen atoms in total. The van der Waals surface area contributed by atoms with E-state index >= 15 is 0 Å². The monoisotopic (exact) mass is 140 g/mol. The van der Waals surface area contributed by atoms with Crippen LogP contribution < -0.4 is 5.32 Å². The normalized spacial score (nSPS) is 45.6. The minimum Gasteiger partial charge on any atom is -0.318 e. The SMILES string of the molecule is CNC[C@@H]1C2C[C@H]2CN1C. The quantitative estimate of drug-likeness (QED) is 0.587. The fourth-order valence-corrected chi connectivity index (χ4v) is 2.30. The van der Waals surface area contributed by atoms with Gasteiger partial charge in [-0.1, -0.05) is 0 Å². The molecule has 0 amide bonds. The molecule has 2 fully saturated rings. The van der Waals surface area contributed by atoms with E-state index in [9.17, 15) is 0 Å². The van der Waals surface area contributed by atoms with E-state index in [1.807, 2.05) is 7.05 Å². The van der Waals surface area contributed by atoms with Crippen molar-refractivity contribution in [1.82, 2.24) is 10.2 Å². The Hall–Kier alpha value is -0.0800. The van der Waals surface area contributed by atoms with Crippen molar-refractivity contribution in [3.63, 3.8) is 0 Å². The summed E-state index contributed by atoms with van der Waals surface area (Å²) in [4.78, 5) is 2.50. The van der Waals surface area contributed by atoms with E-state index in [4.69, 9.17) is 0 Å². The van der Waals surface area contributed by atoms with Gasteiger partial charge in [0.25, 0.3) is 0 Å². The minimum atomic E-state index is 0.843. The van der Waals surface area contributed by atoms with Crippen molar-refractivity contribution < 1.29 is 0 Å². The van der Waals surface area contributed by atoms with Crippen molar-refractivity contribution in [2.75, 3.05) is 27.2 Å². The van der Waals surface area contributed by atoms with Crippen molar-refractivity contribution in [3.8, 4) is 0 Å². The summed E-state index contributed by atoms with van der Waals surface area (Å²) in [7, 11) is 4.29. The van der Waals surface area contributed by atoms with Gasteiger partial charge in [-0.15, -0.1) is 0 Å². The molecule has 0 spiro atoms. The van der Waals surface area contributed by atoms with E-state index in [0.717, 1.165) is 17.9 Å². The molecule has 3 atom stereocenters. The van der Waals surface area contributed by atoms with Crippen molar-refractivity contribution in [3.05, 3.63) is 0 Å². The van der Waals surface area contributed by atoms with E-state index in [0.29, 0.717) is 0 Å². The Morgan fingerprint density at radius 1 is 1.60 bits per heavy atom. The van der Waals surface area contributed by atoms with Crippen LogP contribution >= 0.6 is 0 Å². The summed E-state index contributed by atoms with van der Waals surface area (Å²) in [5, 5.41) is 3.26. The lowest BCUT2D eigenvalue weighted by atomic mass is 10.2. The first-order valence-electron chi connectivity index (χ1n) is 4.17. The molecule has 1 saturated heterocycles. The summed E-state index contributed by atoms with van der Waals surface area (Å²) in [6, 6.07) is 0.843. The van der Waals surface area contributed by atoms with Gasteiger partial charge < -0.3 is 10.2 Å². The first-order chi connectivity index (χ1) is 4.83. The number of fused-ring (bicyclic) bond motifs is 1. The van der Waals surface area contributed by atoms with Crippen LogP contribution in [0.1, 0.15) is 6.42 Å². The van der Waals surface area contributed by atoms with E-state index in [1.54, 1.807) is 0 Å². The molecule has 2 aliphatic rings. The first kappa shape index (κ1) is 6.62. The van der Waals surface area contributed by atoms with Gasteiger partial charge in [0, 0.05) is 19.1 Å². The van der Waals surface area contributed by atoms with E-state index < -0.39 is 0 Å². The van der Waals surface area contributed by atoms with Gasteiger partial charge in [0.05, 0.1) is 0 Å². The Kier molecular flexibility index (Phi) is 1.46. The zero-order chi connectivity index (χ0) is 7.14. The third kappa shape index (κ3) is 0.867. The zero-order valence-corrected chi connectivity index (χ0v) is 6.80. The van der Waals surface area contributed by atoms with Crippen LogP contribution in [0.3, 0.4) is 0 Å². The summed E-state index contributed by atoms with van der Waals surface area (Å²) in [6.07, 6.45) is 1.50. The Balaban J connectivity index is 1.92. The summed E-state index contributed by atoms with van der Waals surface area (Å²) >= 11 is 0. The van der Waals surface area contributed by atoms with E-state index in [2.05, 4.69) is 17.3 Å². The lowest BCUT2D eigenvalue weighted by molar-refractivity contribution is 0.265. The predicted molar refractivity (Wildman–Crippen MR) is 41.9 cm³/mol. The number of piperidine rings is 1. The molecule has 1 aliphatic carbocycles. The van der Waals surface area contributed by atoms with Crippen LogP contribution in [0.15, 0.2) is 0 Å². The fraction of sp³-hybridized carbons (Fsp3) is 1.00. The van der Waals surface area contributed by atoms with Gasteiger partial charge in [0.1, 0.15) is 0 Å². The summed E-state index contributed by atoms with van der Waals surface area (Å²) < 4.78 is 0. The van der Waals surface area contributed by atoms with Gasteiger partial charge in [-0.05, 0) is 32.4 Å². The smallest absolute Gasteiger partial charge is 0.0249 e. The highest BCUT2D eigenvalue weighted by molar-refractivity contribution is 5.03. The number of likely N-dealkylation sites (N-methyl/N-ethyl adjacent to an activating group) is 2. The third-order valence-electron chi connectivity index (χ3n) is 2.97. The molecule has 0 bridgehead atoms. The van der Waals surface area contributed by atoms with Gasteiger partial charge >= 0.3 is 0 Å². The molecular formula is C8H16N2. The van der Waals surface area contributed by atoms with Crippen LogP contribution in [0.2, 0.25) is 0 Å². The van der Waals surface area contributed by atoms with E-state index in [-0.39, 0.29) is 0 Å². The molecule has 1 saturated carbocycles. The number of hydrogen-bond donors (Lipinski definition) is 1. The van der Waals surface area contributed by atoms with Crippen molar-refractivity contribution >= 4 is 0 Å². The van der Waals surface area contributed by atoms with E-state index in [1.165, 1.54) is 19.5 Å². The second-order valence-corrected chi connectivity index (χ2v) is 3.72. The van der Waals surface area contributed by atoms with Crippen molar-refractivity contribution in [1.29, 1.82) is 0 Å². The minimum absolute atomic E-state index is 0.843. The third-order valence-corrected chi connectivity index (χ3v) is 2.97. The molecule has 0 radical (unpaired) electrons. The van der Waals surface area contributed by atoms with Crippen LogP contribution in [-0.2, 0) is 0 Å². The maximum Gasteiger partial charge on any atom is 0.0249 e. The Morgan fingerprint density at radius 2 is 2.40 bits per heavy atom.